The van der Waals surface area contributed by atoms with Gasteiger partial charge in [-0.3, -0.25) is 0 Å². The van der Waals surface area contributed by atoms with Gasteiger partial charge in [-0.2, -0.15) is 5.26 Å². The van der Waals surface area contributed by atoms with Crippen LogP contribution in [0.15, 0.2) is 24.3 Å². The molecule has 1 aromatic rings. The van der Waals surface area contributed by atoms with Gasteiger partial charge in [0.15, 0.2) is 0 Å². The van der Waals surface area contributed by atoms with Gasteiger partial charge >= 0.3 is 0 Å². The van der Waals surface area contributed by atoms with Crippen LogP contribution < -0.4 is 4.74 Å². The highest BCUT2D eigenvalue weighted by Crippen LogP contribution is 2.31. The molecule has 2 rings (SSSR count). The van der Waals surface area contributed by atoms with E-state index in [0.717, 1.165) is 30.6 Å². The van der Waals surface area contributed by atoms with E-state index in [1.54, 1.807) is 0 Å². The molecule has 0 amide bonds. The van der Waals surface area contributed by atoms with E-state index in [2.05, 4.69) is 13.0 Å². The summed E-state index contributed by atoms with van der Waals surface area (Å²) in [4.78, 5) is 0. The van der Waals surface area contributed by atoms with Crippen molar-refractivity contribution >= 4 is 0 Å². The first-order valence-corrected chi connectivity index (χ1v) is 6.49. The molecular weight excluding hydrogens is 226 g/mol. The Labute approximate surface area is 108 Å². The third-order valence-corrected chi connectivity index (χ3v) is 3.61. The number of hydrogen-bond donors (Lipinski definition) is 1. The monoisotopic (exact) mass is 245 g/mol. The van der Waals surface area contributed by atoms with Gasteiger partial charge in [0.05, 0.1) is 18.6 Å². The lowest BCUT2D eigenvalue weighted by molar-refractivity contribution is 0.0956. The lowest BCUT2D eigenvalue weighted by Crippen LogP contribution is -2.32. The topological polar surface area (TPSA) is 53.2 Å². The summed E-state index contributed by atoms with van der Waals surface area (Å²) in [6.45, 7) is 2.25. The molecule has 3 heteroatoms. The van der Waals surface area contributed by atoms with Crippen LogP contribution in [0.25, 0.3) is 0 Å². The van der Waals surface area contributed by atoms with E-state index in [1.807, 2.05) is 24.3 Å². The van der Waals surface area contributed by atoms with Crippen molar-refractivity contribution in [2.75, 3.05) is 0 Å². The van der Waals surface area contributed by atoms with E-state index < -0.39 is 0 Å². The number of benzene rings is 1. The molecule has 1 N–H and O–H groups in total. The van der Waals surface area contributed by atoms with Gasteiger partial charge in [-0.1, -0.05) is 19.1 Å². The third-order valence-electron chi connectivity index (χ3n) is 3.61. The zero-order valence-corrected chi connectivity index (χ0v) is 10.7. The Morgan fingerprint density at radius 3 is 2.67 bits per heavy atom. The fourth-order valence-electron chi connectivity index (χ4n) is 2.45. The zero-order chi connectivity index (χ0) is 13.0. The molecule has 0 spiro atoms. The molecule has 18 heavy (non-hydrogen) atoms. The molecule has 0 saturated heterocycles. The highest BCUT2D eigenvalue weighted by atomic mass is 16.5. The maximum Gasteiger partial charge on any atom is 0.119 e. The van der Waals surface area contributed by atoms with Gasteiger partial charge in [-0.15, -0.1) is 0 Å². The van der Waals surface area contributed by atoms with Crippen molar-refractivity contribution in [3.8, 4) is 11.8 Å². The van der Waals surface area contributed by atoms with E-state index >= 15 is 0 Å². The minimum Gasteiger partial charge on any atom is -0.489 e. The van der Waals surface area contributed by atoms with Crippen LogP contribution in [0.2, 0.25) is 0 Å². The standard InChI is InChI=1S/C15H19NO2/c1-11-2-5-13(9-16)15(8-11)18-14-6-3-12(10-17)4-7-14/h3-4,6-7,11,13,15,17H,2,5,8,10H2,1H3. The maximum absolute atomic E-state index is 9.14. The number of nitrogens with zero attached hydrogens (tertiary/aromatic N) is 1. The van der Waals surface area contributed by atoms with Crippen molar-refractivity contribution in [2.45, 2.75) is 38.9 Å². The third kappa shape index (κ3) is 3.02. The Kier molecular flexibility index (Phi) is 4.22. The van der Waals surface area contributed by atoms with E-state index in [1.165, 1.54) is 0 Å². The van der Waals surface area contributed by atoms with Crippen molar-refractivity contribution in [2.24, 2.45) is 11.8 Å². The van der Waals surface area contributed by atoms with Crippen molar-refractivity contribution < 1.29 is 9.84 Å². The molecule has 0 heterocycles. The molecule has 1 saturated carbocycles. The van der Waals surface area contributed by atoms with Crippen molar-refractivity contribution in [1.29, 1.82) is 5.26 Å². The number of aliphatic hydroxyl groups excluding tert-OH is 1. The van der Waals surface area contributed by atoms with Gasteiger partial charge < -0.3 is 9.84 Å². The van der Waals surface area contributed by atoms with Crippen molar-refractivity contribution in [3.63, 3.8) is 0 Å². The molecule has 1 aromatic carbocycles. The molecule has 0 bridgehead atoms. The molecule has 1 fully saturated rings. The fourth-order valence-corrected chi connectivity index (χ4v) is 2.45. The average molecular weight is 245 g/mol. The Balaban J connectivity index is 2.03. The van der Waals surface area contributed by atoms with E-state index in [-0.39, 0.29) is 18.6 Å². The smallest absolute Gasteiger partial charge is 0.119 e. The van der Waals surface area contributed by atoms with Crippen LogP contribution >= 0.6 is 0 Å². The van der Waals surface area contributed by atoms with Crippen LogP contribution in [-0.4, -0.2) is 11.2 Å². The molecule has 0 aliphatic heterocycles. The summed E-state index contributed by atoms with van der Waals surface area (Å²) in [6, 6.07) is 9.77. The molecule has 1 aliphatic rings. The highest BCUT2D eigenvalue weighted by Gasteiger charge is 2.30. The van der Waals surface area contributed by atoms with Crippen LogP contribution in [0.1, 0.15) is 31.7 Å². The summed E-state index contributed by atoms with van der Waals surface area (Å²) in [5.41, 5.74) is 0.871. The number of rotatable bonds is 3. The van der Waals surface area contributed by atoms with Crippen LogP contribution in [0.4, 0.5) is 0 Å². The van der Waals surface area contributed by atoms with Gasteiger partial charge in [-0.25, -0.2) is 0 Å². The lowest BCUT2D eigenvalue weighted by Gasteiger charge is -2.31. The van der Waals surface area contributed by atoms with E-state index in [9.17, 15) is 0 Å². The molecule has 3 atom stereocenters. The fraction of sp³-hybridized carbons (Fsp3) is 0.533. The molecule has 3 unspecified atom stereocenters. The van der Waals surface area contributed by atoms with Crippen molar-refractivity contribution in [3.05, 3.63) is 29.8 Å². The summed E-state index contributed by atoms with van der Waals surface area (Å²) >= 11 is 0. The van der Waals surface area contributed by atoms with Gasteiger partial charge in [0, 0.05) is 0 Å². The molecule has 1 aliphatic carbocycles. The number of aliphatic hydroxyl groups is 1. The lowest BCUT2D eigenvalue weighted by atomic mass is 9.81. The first kappa shape index (κ1) is 12.9. The SMILES string of the molecule is CC1CCC(C#N)C(Oc2ccc(CO)cc2)C1. The van der Waals surface area contributed by atoms with E-state index in [4.69, 9.17) is 15.1 Å². The summed E-state index contributed by atoms with van der Waals surface area (Å²) in [6.07, 6.45) is 2.98. The van der Waals surface area contributed by atoms with Crippen LogP contribution in [0, 0.1) is 23.2 Å². The number of nitriles is 1. The second-order valence-electron chi connectivity index (χ2n) is 5.11. The average Bonchev–Trinajstić information content (AvgIpc) is 2.40. The normalized spacial score (nSPS) is 27.5. The predicted molar refractivity (Wildman–Crippen MR) is 68.9 cm³/mol. The second-order valence-corrected chi connectivity index (χ2v) is 5.11. The van der Waals surface area contributed by atoms with Crippen LogP contribution in [-0.2, 0) is 6.61 Å². The first-order chi connectivity index (χ1) is 8.72. The Morgan fingerprint density at radius 1 is 1.33 bits per heavy atom. The van der Waals surface area contributed by atoms with Crippen LogP contribution in [0.5, 0.6) is 5.75 Å². The Bertz CT molecular complexity index is 421. The highest BCUT2D eigenvalue weighted by molar-refractivity contribution is 5.27. The summed E-state index contributed by atoms with van der Waals surface area (Å²) in [5, 5.41) is 18.1. The minimum absolute atomic E-state index is 0.00118. The summed E-state index contributed by atoms with van der Waals surface area (Å²) < 4.78 is 5.92. The quantitative estimate of drug-likeness (QED) is 0.890. The second kappa shape index (κ2) is 5.88. The molecule has 0 radical (unpaired) electrons. The van der Waals surface area contributed by atoms with Gasteiger partial charge in [-0.05, 0) is 42.9 Å². The number of hydrogen-bond acceptors (Lipinski definition) is 3. The first-order valence-electron chi connectivity index (χ1n) is 6.49. The Morgan fingerprint density at radius 2 is 2.06 bits per heavy atom. The molecular formula is C15H19NO2. The van der Waals surface area contributed by atoms with Crippen molar-refractivity contribution in [1.82, 2.24) is 0 Å². The predicted octanol–water partition coefficient (Wildman–Crippen LogP) is 2.89. The summed E-state index contributed by atoms with van der Waals surface area (Å²) in [7, 11) is 0. The zero-order valence-electron chi connectivity index (χ0n) is 10.7. The van der Waals surface area contributed by atoms with Gasteiger partial charge in [0.1, 0.15) is 11.9 Å². The molecule has 3 nitrogen and oxygen atoms in total. The maximum atomic E-state index is 9.14. The largest absolute Gasteiger partial charge is 0.489 e. The number of ether oxygens (including phenoxy) is 1. The van der Waals surface area contributed by atoms with Gasteiger partial charge in [0.25, 0.3) is 0 Å². The van der Waals surface area contributed by atoms with Crippen LogP contribution in [0.3, 0.4) is 0 Å². The molecule has 0 aromatic heterocycles. The van der Waals surface area contributed by atoms with E-state index in [0.29, 0.717) is 5.92 Å². The minimum atomic E-state index is -0.00119. The van der Waals surface area contributed by atoms with Gasteiger partial charge in [0.2, 0.25) is 0 Å². The summed E-state index contributed by atoms with van der Waals surface area (Å²) in [5.74, 6) is 1.40. The molecule has 96 valence electrons. The Hall–Kier alpha value is -1.53.